The van der Waals surface area contributed by atoms with Crippen molar-refractivity contribution in [3.8, 4) is 22.3 Å². The van der Waals surface area contributed by atoms with Crippen molar-refractivity contribution >= 4 is 18.5 Å². The minimum Gasteiger partial charge on any atom is -0.0658 e. The molecular weight excluding hydrogens is 533 g/mol. The van der Waals surface area contributed by atoms with Gasteiger partial charge >= 0.3 is 0 Å². The van der Waals surface area contributed by atoms with E-state index < -0.39 is 8.07 Å². The van der Waals surface area contributed by atoms with Crippen LogP contribution in [0.4, 0.5) is 0 Å². The van der Waals surface area contributed by atoms with Crippen molar-refractivity contribution in [3.63, 3.8) is 0 Å². The van der Waals surface area contributed by atoms with Crippen molar-refractivity contribution in [3.05, 3.63) is 129 Å². The average molecular weight is 581 g/mol. The molecule has 4 aromatic carbocycles. The number of hydrogen-bond acceptors (Lipinski definition) is 0. The third kappa shape index (κ3) is 5.10. The highest BCUT2D eigenvalue weighted by molar-refractivity contribution is 7.09. The fourth-order valence-electron chi connectivity index (χ4n) is 7.89. The highest BCUT2D eigenvalue weighted by atomic mass is 28.3. The lowest BCUT2D eigenvalue weighted by molar-refractivity contribution is 0.867. The average Bonchev–Trinajstić information content (AvgIpc) is 3.60. The van der Waals surface area contributed by atoms with Gasteiger partial charge in [0.05, 0.1) is 0 Å². The number of rotatable bonds is 8. The Kier molecular flexibility index (Phi) is 7.98. The highest BCUT2D eigenvalue weighted by Crippen LogP contribution is 2.53. The second-order valence-electron chi connectivity index (χ2n) is 13.9. The summed E-state index contributed by atoms with van der Waals surface area (Å²) in [5, 5.41) is 3.40. The van der Waals surface area contributed by atoms with Gasteiger partial charge in [-0.3, -0.25) is 0 Å². The monoisotopic (exact) mass is 580 g/mol. The molecule has 4 aromatic rings. The van der Waals surface area contributed by atoms with Crippen LogP contribution in [0.15, 0.2) is 96.1 Å². The summed E-state index contributed by atoms with van der Waals surface area (Å²) in [4.78, 5) is 0. The van der Waals surface area contributed by atoms with E-state index in [9.17, 15) is 0 Å². The molecule has 2 aliphatic carbocycles. The molecule has 0 heterocycles. The highest BCUT2D eigenvalue weighted by Gasteiger charge is 2.43. The molecule has 43 heavy (non-hydrogen) atoms. The van der Waals surface area contributed by atoms with Gasteiger partial charge in [0.1, 0.15) is 8.07 Å². The van der Waals surface area contributed by atoms with Crippen LogP contribution < -0.4 is 0 Å². The van der Waals surface area contributed by atoms with Crippen LogP contribution >= 0.6 is 0 Å². The predicted molar refractivity (Wildman–Crippen MR) is 191 cm³/mol. The van der Waals surface area contributed by atoms with Gasteiger partial charge in [-0.05, 0) is 104 Å². The maximum absolute atomic E-state index is 2.66. The zero-order valence-corrected chi connectivity index (χ0v) is 28.6. The molecule has 0 unspecified atom stereocenters. The summed E-state index contributed by atoms with van der Waals surface area (Å²) in [6, 6.07) is 32.9. The maximum atomic E-state index is 2.66. The SMILES string of the molecule is CCC1=C([Si](C)(C)C2=C(CC)Cc3cccc(-c4ccc(C(C)C)cc4)c32)c2c(cccc2-c2ccc(C(C)C)cc2)C1. The van der Waals surface area contributed by atoms with Gasteiger partial charge in [0.25, 0.3) is 0 Å². The predicted octanol–water partition coefficient (Wildman–Crippen LogP) is 12.2. The second-order valence-corrected chi connectivity index (χ2v) is 18.1. The molecule has 0 nitrogen and oxygen atoms in total. The lowest BCUT2D eigenvalue weighted by Crippen LogP contribution is -2.32. The molecule has 0 aromatic heterocycles. The first kappa shape index (κ1) is 29.6. The zero-order valence-electron chi connectivity index (χ0n) is 27.6. The smallest absolute Gasteiger partial charge is 0.0658 e. The standard InChI is InChI=1S/C42H48Si/c1-9-29-25-35-13-11-15-37(33-21-17-31(18-22-33)27(3)4)39(35)41(29)43(7,8)42-30(10-2)26-36-14-12-16-38(40(36)42)34-23-19-32(20-24-34)28(5)6/h11-24,27-28H,9-10,25-26H2,1-8H3. The van der Waals surface area contributed by atoms with E-state index in [2.05, 4.69) is 140 Å². The summed E-state index contributed by atoms with van der Waals surface area (Å²) in [5.74, 6) is 1.09. The Balaban J connectivity index is 1.53. The molecule has 0 bridgehead atoms. The Labute approximate surface area is 261 Å². The van der Waals surface area contributed by atoms with Crippen molar-refractivity contribution in [2.45, 2.75) is 92.2 Å². The van der Waals surface area contributed by atoms with Crippen LogP contribution in [0.1, 0.15) is 99.6 Å². The molecule has 0 spiro atoms. The van der Waals surface area contributed by atoms with Crippen LogP contribution in [0.2, 0.25) is 13.1 Å². The molecule has 0 fully saturated rings. The minimum absolute atomic E-state index is 0.543. The van der Waals surface area contributed by atoms with Gasteiger partial charge in [-0.2, -0.15) is 0 Å². The van der Waals surface area contributed by atoms with Crippen LogP contribution in [-0.4, -0.2) is 8.07 Å². The number of hydrogen-bond donors (Lipinski definition) is 0. The van der Waals surface area contributed by atoms with Crippen molar-refractivity contribution in [1.82, 2.24) is 0 Å². The molecule has 0 N–H and O–H groups in total. The Bertz CT molecular complexity index is 1590. The van der Waals surface area contributed by atoms with Crippen LogP contribution in [0, 0.1) is 0 Å². The Morgan fingerprint density at radius 2 is 0.907 bits per heavy atom. The van der Waals surface area contributed by atoms with E-state index in [-0.39, 0.29) is 0 Å². The number of fused-ring (bicyclic) bond motifs is 2. The fraction of sp³-hybridized carbons (Fsp3) is 0.333. The summed E-state index contributed by atoms with van der Waals surface area (Å²) in [6.07, 6.45) is 4.42. The van der Waals surface area contributed by atoms with Gasteiger partial charge in [-0.1, -0.05) is 151 Å². The molecular formula is C42H48Si. The van der Waals surface area contributed by atoms with E-state index in [0.717, 1.165) is 25.7 Å². The zero-order chi connectivity index (χ0) is 30.5. The van der Waals surface area contributed by atoms with E-state index in [4.69, 9.17) is 0 Å². The first-order valence-corrected chi connectivity index (χ1v) is 19.6. The number of benzene rings is 4. The van der Waals surface area contributed by atoms with Crippen LogP contribution in [-0.2, 0) is 12.8 Å². The summed E-state index contributed by atoms with van der Waals surface area (Å²) in [7, 11) is -2.13. The summed E-state index contributed by atoms with van der Waals surface area (Å²) >= 11 is 0. The summed E-state index contributed by atoms with van der Waals surface area (Å²) in [6.45, 7) is 19.2. The molecule has 0 aliphatic heterocycles. The van der Waals surface area contributed by atoms with Crippen molar-refractivity contribution in [2.24, 2.45) is 0 Å². The van der Waals surface area contributed by atoms with E-state index >= 15 is 0 Å². The van der Waals surface area contributed by atoms with E-state index in [1.807, 2.05) is 0 Å². The van der Waals surface area contributed by atoms with Gasteiger partial charge in [0.15, 0.2) is 0 Å². The van der Waals surface area contributed by atoms with Crippen LogP contribution in [0.25, 0.3) is 32.6 Å². The van der Waals surface area contributed by atoms with Crippen molar-refractivity contribution < 1.29 is 0 Å². The third-order valence-corrected chi connectivity index (χ3v) is 13.9. The molecule has 0 radical (unpaired) electrons. The van der Waals surface area contributed by atoms with Crippen molar-refractivity contribution in [2.75, 3.05) is 0 Å². The van der Waals surface area contributed by atoms with E-state index in [1.165, 1.54) is 44.5 Å². The lowest BCUT2D eigenvalue weighted by atomic mass is 9.94. The van der Waals surface area contributed by atoms with Crippen LogP contribution in [0.5, 0.6) is 0 Å². The van der Waals surface area contributed by atoms with Crippen LogP contribution in [0.3, 0.4) is 0 Å². The molecule has 2 aliphatic rings. The Hall–Kier alpha value is -3.42. The first-order chi connectivity index (χ1) is 20.6. The molecule has 0 amide bonds. The normalized spacial score (nSPS) is 14.7. The molecule has 1 heteroatoms. The Morgan fingerprint density at radius 1 is 0.535 bits per heavy atom. The maximum Gasteiger partial charge on any atom is 0.113 e. The third-order valence-electron chi connectivity index (χ3n) is 10.2. The number of allylic oxidation sites excluding steroid dienone is 2. The lowest BCUT2D eigenvalue weighted by Gasteiger charge is -2.32. The van der Waals surface area contributed by atoms with E-state index in [1.54, 1.807) is 32.7 Å². The quantitative estimate of drug-likeness (QED) is 0.182. The minimum atomic E-state index is -2.13. The van der Waals surface area contributed by atoms with Gasteiger partial charge in [0.2, 0.25) is 0 Å². The molecule has 220 valence electrons. The first-order valence-electron chi connectivity index (χ1n) is 16.6. The van der Waals surface area contributed by atoms with Gasteiger partial charge < -0.3 is 0 Å². The fourth-order valence-corrected chi connectivity index (χ4v) is 12.3. The Morgan fingerprint density at radius 3 is 1.23 bits per heavy atom. The summed E-state index contributed by atoms with van der Waals surface area (Å²) in [5.41, 5.74) is 17.8. The largest absolute Gasteiger partial charge is 0.113 e. The van der Waals surface area contributed by atoms with Gasteiger partial charge in [0, 0.05) is 0 Å². The van der Waals surface area contributed by atoms with Gasteiger partial charge in [-0.25, -0.2) is 0 Å². The second kappa shape index (κ2) is 11.6. The topological polar surface area (TPSA) is 0 Å². The molecule has 6 rings (SSSR count). The molecule has 0 saturated carbocycles. The van der Waals surface area contributed by atoms with E-state index in [0.29, 0.717) is 11.8 Å². The van der Waals surface area contributed by atoms with Gasteiger partial charge in [-0.15, -0.1) is 0 Å². The van der Waals surface area contributed by atoms with Crippen molar-refractivity contribution in [1.29, 1.82) is 0 Å². The summed E-state index contributed by atoms with van der Waals surface area (Å²) < 4.78 is 0. The molecule has 0 saturated heterocycles. The molecule has 0 atom stereocenters.